The second-order valence-electron chi connectivity index (χ2n) is 7.06. The van der Waals surface area contributed by atoms with E-state index in [0.29, 0.717) is 12.8 Å². The zero-order valence-corrected chi connectivity index (χ0v) is 17.8. The van der Waals surface area contributed by atoms with Crippen LogP contribution in [0, 0.1) is 11.7 Å². The van der Waals surface area contributed by atoms with Gasteiger partial charge >= 0.3 is 0 Å². The van der Waals surface area contributed by atoms with Gasteiger partial charge in [0, 0.05) is 25.6 Å². The normalized spacial score (nSPS) is 16.3. The van der Waals surface area contributed by atoms with Gasteiger partial charge in [-0.15, -0.1) is 0 Å². The number of halogens is 1. The van der Waals surface area contributed by atoms with Crippen LogP contribution in [0.5, 0.6) is 0 Å². The lowest BCUT2D eigenvalue weighted by molar-refractivity contribution is -0.125. The SMILES string of the molecule is O=C(NCCS(=O)(=O)c1ccccc1)C1CCN(S(=O)(=O)c2ccc(F)cc2)CC1. The zero-order valence-electron chi connectivity index (χ0n) is 16.2. The van der Waals surface area contributed by atoms with E-state index in [4.69, 9.17) is 0 Å². The van der Waals surface area contributed by atoms with Crippen molar-refractivity contribution in [2.45, 2.75) is 22.6 Å². The van der Waals surface area contributed by atoms with Crippen molar-refractivity contribution in [3.05, 3.63) is 60.4 Å². The predicted octanol–water partition coefficient (Wildman–Crippen LogP) is 1.82. The number of carbonyl (C=O) groups excluding carboxylic acids is 1. The molecule has 0 saturated carbocycles. The van der Waals surface area contributed by atoms with Crippen LogP contribution in [0.3, 0.4) is 0 Å². The molecule has 0 aliphatic carbocycles. The Morgan fingerprint density at radius 3 is 2.13 bits per heavy atom. The van der Waals surface area contributed by atoms with Crippen molar-refractivity contribution in [2.75, 3.05) is 25.4 Å². The number of sulfonamides is 1. The maximum atomic E-state index is 13.0. The van der Waals surface area contributed by atoms with Crippen molar-refractivity contribution in [1.29, 1.82) is 0 Å². The first kappa shape index (κ1) is 22.4. The summed E-state index contributed by atoms with van der Waals surface area (Å²) >= 11 is 0. The second-order valence-corrected chi connectivity index (χ2v) is 11.1. The third kappa shape index (κ3) is 5.24. The van der Waals surface area contributed by atoms with Crippen LogP contribution in [0.15, 0.2) is 64.4 Å². The summed E-state index contributed by atoms with van der Waals surface area (Å²) in [5.41, 5.74) is 0. The van der Waals surface area contributed by atoms with Gasteiger partial charge in [-0.05, 0) is 49.2 Å². The van der Waals surface area contributed by atoms with Gasteiger partial charge in [0.25, 0.3) is 0 Å². The van der Waals surface area contributed by atoms with E-state index in [1.807, 2.05) is 0 Å². The Labute approximate surface area is 175 Å². The highest BCUT2D eigenvalue weighted by Crippen LogP contribution is 2.24. The molecule has 3 rings (SSSR count). The topological polar surface area (TPSA) is 101 Å². The summed E-state index contributed by atoms with van der Waals surface area (Å²) in [5, 5.41) is 2.64. The Balaban J connectivity index is 1.50. The largest absolute Gasteiger partial charge is 0.355 e. The highest BCUT2D eigenvalue weighted by atomic mass is 32.2. The van der Waals surface area contributed by atoms with Gasteiger partial charge in [-0.25, -0.2) is 21.2 Å². The summed E-state index contributed by atoms with van der Waals surface area (Å²) in [7, 11) is -7.22. The Kier molecular flexibility index (Phi) is 6.89. The molecule has 162 valence electrons. The number of rotatable bonds is 7. The molecule has 0 atom stereocenters. The van der Waals surface area contributed by atoms with E-state index in [-0.39, 0.29) is 47.0 Å². The van der Waals surface area contributed by atoms with Crippen molar-refractivity contribution < 1.29 is 26.0 Å². The summed E-state index contributed by atoms with van der Waals surface area (Å²) in [6, 6.07) is 12.6. The van der Waals surface area contributed by atoms with E-state index < -0.39 is 25.7 Å². The van der Waals surface area contributed by atoms with E-state index in [2.05, 4.69) is 5.32 Å². The fraction of sp³-hybridized carbons (Fsp3) is 0.350. The lowest BCUT2D eigenvalue weighted by Gasteiger charge is -2.30. The third-order valence-corrected chi connectivity index (χ3v) is 8.69. The van der Waals surface area contributed by atoms with Gasteiger partial charge in [0.1, 0.15) is 5.82 Å². The van der Waals surface area contributed by atoms with Crippen molar-refractivity contribution in [2.24, 2.45) is 5.92 Å². The molecule has 0 aromatic heterocycles. The maximum absolute atomic E-state index is 13.0. The van der Waals surface area contributed by atoms with Gasteiger partial charge in [-0.1, -0.05) is 18.2 Å². The summed E-state index contributed by atoms with van der Waals surface area (Å²) in [4.78, 5) is 12.6. The minimum absolute atomic E-state index is 0.00977. The van der Waals surface area contributed by atoms with Gasteiger partial charge in [-0.3, -0.25) is 4.79 Å². The third-order valence-electron chi connectivity index (χ3n) is 5.05. The quantitative estimate of drug-likeness (QED) is 0.688. The molecule has 30 heavy (non-hydrogen) atoms. The summed E-state index contributed by atoms with van der Waals surface area (Å²) in [5.74, 6) is -1.39. The molecule has 1 aliphatic heterocycles. The Morgan fingerprint density at radius 2 is 1.53 bits per heavy atom. The van der Waals surface area contributed by atoms with Crippen LogP contribution in [-0.4, -0.2) is 52.4 Å². The van der Waals surface area contributed by atoms with Crippen LogP contribution < -0.4 is 5.32 Å². The molecule has 2 aromatic rings. The molecule has 1 aliphatic rings. The van der Waals surface area contributed by atoms with Crippen molar-refractivity contribution in [3.63, 3.8) is 0 Å². The van der Waals surface area contributed by atoms with Crippen LogP contribution in [-0.2, 0) is 24.7 Å². The average molecular weight is 455 g/mol. The first-order chi connectivity index (χ1) is 14.2. The molecule has 1 heterocycles. The molecular formula is C20H23FN2O5S2. The lowest BCUT2D eigenvalue weighted by Crippen LogP contribution is -2.43. The molecule has 1 saturated heterocycles. The van der Waals surface area contributed by atoms with Gasteiger partial charge in [0.2, 0.25) is 15.9 Å². The van der Waals surface area contributed by atoms with Gasteiger partial charge in [0.05, 0.1) is 15.5 Å². The number of piperidine rings is 1. The van der Waals surface area contributed by atoms with Crippen LogP contribution >= 0.6 is 0 Å². The number of amides is 1. The fourth-order valence-corrected chi connectivity index (χ4v) is 5.96. The monoisotopic (exact) mass is 454 g/mol. The van der Waals surface area contributed by atoms with Crippen LogP contribution in [0.1, 0.15) is 12.8 Å². The van der Waals surface area contributed by atoms with Crippen LogP contribution in [0.4, 0.5) is 4.39 Å². The predicted molar refractivity (Wildman–Crippen MR) is 109 cm³/mol. The van der Waals surface area contributed by atoms with E-state index in [9.17, 15) is 26.0 Å². The van der Waals surface area contributed by atoms with E-state index in [0.717, 1.165) is 12.1 Å². The summed E-state index contributed by atoms with van der Waals surface area (Å²) < 4.78 is 64.1. The number of hydrogen-bond donors (Lipinski definition) is 1. The molecule has 1 amide bonds. The van der Waals surface area contributed by atoms with Crippen molar-refractivity contribution in [1.82, 2.24) is 9.62 Å². The molecular weight excluding hydrogens is 431 g/mol. The van der Waals surface area contributed by atoms with E-state index in [1.165, 1.54) is 28.6 Å². The van der Waals surface area contributed by atoms with Gasteiger partial charge < -0.3 is 5.32 Å². The smallest absolute Gasteiger partial charge is 0.243 e. The van der Waals surface area contributed by atoms with Crippen molar-refractivity contribution >= 4 is 25.8 Å². The minimum atomic E-state index is -3.74. The molecule has 0 unspecified atom stereocenters. The number of carbonyl (C=O) groups is 1. The van der Waals surface area contributed by atoms with Gasteiger partial charge in [0.15, 0.2) is 9.84 Å². The second kappa shape index (κ2) is 9.23. The number of nitrogens with one attached hydrogen (secondary N) is 1. The molecule has 10 heteroatoms. The first-order valence-electron chi connectivity index (χ1n) is 9.51. The highest BCUT2D eigenvalue weighted by molar-refractivity contribution is 7.91. The first-order valence-corrected chi connectivity index (χ1v) is 12.6. The Morgan fingerprint density at radius 1 is 0.933 bits per heavy atom. The molecule has 0 spiro atoms. The lowest BCUT2D eigenvalue weighted by atomic mass is 9.97. The van der Waals surface area contributed by atoms with Crippen LogP contribution in [0.2, 0.25) is 0 Å². The van der Waals surface area contributed by atoms with Crippen molar-refractivity contribution in [3.8, 4) is 0 Å². The number of sulfone groups is 1. The van der Waals surface area contributed by atoms with Gasteiger partial charge in [-0.2, -0.15) is 4.31 Å². The molecule has 0 bridgehead atoms. The summed E-state index contributed by atoms with van der Waals surface area (Å²) in [6.45, 7) is 0.324. The number of nitrogens with zero attached hydrogens (tertiary/aromatic N) is 1. The molecule has 7 nitrogen and oxygen atoms in total. The molecule has 2 aromatic carbocycles. The standard InChI is InChI=1S/C20H23FN2O5S2/c21-17-6-8-19(9-7-17)30(27,28)23-13-10-16(11-14-23)20(24)22-12-15-29(25,26)18-4-2-1-3-5-18/h1-9,16H,10-15H2,(H,22,24). The summed E-state index contributed by atoms with van der Waals surface area (Å²) in [6.07, 6.45) is 0.662. The Bertz CT molecular complexity index is 1080. The molecule has 1 N–H and O–H groups in total. The average Bonchev–Trinajstić information content (AvgIpc) is 2.74. The molecule has 0 radical (unpaired) electrons. The number of hydrogen-bond acceptors (Lipinski definition) is 5. The van der Waals surface area contributed by atoms with E-state index >= 15 is 0 Å². The highest BCUT2D eigenvalue weighted by Gasteiger charge is 2.32. The zero-order chi connectivity index (χ0) is 21.8. The van der Waals surface area contributed by atoms with Crippen LogP contribution in [0.25, 0.3) is 0 Å². The number of benzene rings is 2. The Hall–Kier alpha value is -2.30. The molecule has 1 fully saturated rings. The van der Waals surface area contributed by atoms with E-state index in [1.54, 1.807) is 18.2 Å². The fourth-order valence-electron chi connectivity index (χ4n) is 3.31. The maximum Gasteiger partial charge on any atom is 0.243 e. The minimum Gasteiger partial charge on any atom is -0.355 e.